The van der Waals surface area contributed by atoms with Crippen molar-refractivity contribution in [1.82, 2.24) is 0 Å². The number of hydrogen-bond acceptors (Lipinski definition) is 1. The molecule has 1 aliphatic heterocycles. The second-order valence-electron chi connectivity index (χ2n) is 3.31. The molecule has 2 rings (SSSR count). The third kappa shape index (κ3) is 2.27. The summed E-state index contributed by atoms with van der Waals surface area (Å²) < 4.78 is 8.20. The maximum atomic E-state index is 5.87. The van der Waals surface area contributed by atoms with Crippen LogP contribution < -0.4 is 4.74 Å². The van der Waals surface area contributed by atoms with Gasteiger partial charge in [0.25, 0.3) is 0 Å². The highest BCUT2D eigenvalue weighted by Gasteiger charge is 2.21. The summed E-state index contributed by atoms with van der Waals surface area (Å²) >= 11 is 9.34. The number of fused-ring (bicyclic) bond motifs is 1. The molecule has 1 nitrogen and oxygen atoms in total. The summed E-state index contributed by atoms with van der Waals surface area (Å²) in [7, 11) is 0. The lowest BCUT2D eigenvalue weighted by atomic mass is 10.0. The van der Waals surface area contributed by atoms with E-state index in [0.29, 0.717) is 6.10 Å². The van der Waals surface area contributed by atoms with Gasteiger partial charge in [-0.25, -0.2) is 0 Å². The number of alkyl halides is 1. The van der Waals surface area contributed by atoms with Crippen LogP contribution in [0.4, 0.5) is 0 Å². The van der Waals surface area contributed by atoms with E-state index in [1.165, 1.54) is 9.13 Å². The first-order chi connectivity index (χ1) is 6.70. The average Bonchev–Trinajstić information content (AvgIpc) is 2.17. The zero-order valence-corrected chi connectivity index (χ0v) is 12.7. The molecule has 0 N–H and O–H groups in total. The van der Waals surface area contributed by atoms with Crippen LogP contribution in [-0.4, -0.2) is 11.4 Å². The largest absolute Gasteiger partial charge is 0.488 e. The zero-order chi connectivity index (χ0) is 10.1. The van der Waals surface area contributed by atoms with E-state index < -0.39 is 0 Å². The summed E-state index contributed by atoms with van der Waals surface area (Å²) in [6, 6.07) is 4.29. The smallest absolute Gasteiger partial charge is 0.137 e. The van der Waals surface area contributed by atoms with Crippen LogP contribution in [0.1, 0.15) is 12.0 Å². The molecular weight excluding hydrogens is 423 g/mol. The SMILES string of the molecule is BrCC1CCc2cc(I)cc(Br)c2O1. The highest BCUT2D eigenvalue weighted by atomic mass is 127. The zero-order valence-electron chi connectivity index (χ0n) is 7.40. The summed E-state index contributed by atoms with van der Waals surface area (Å²) in [6.45, 7) is 0. The molecule has 4 heteroatoms. The Labute approximate surface area is 114 Å². The number of halogens is 3. The first kappa shape index (κ1) is 11.2. The Hall–Kier alpha value is 0.710. The number of benzene rings is 1. The van der Waals surface area contributed by atoms with Gasteiger partial charge in [0.1, 0.15) is 11.9 Å². The lowest BCUT2D eigenvalue weighted by Crippen LogP contribution is -2.24. The van der Waals surface area contributed by atoms with Gasteiger partial charge >= 0.3 is 0 Å². The summed E-state index contributed by atoms with van der Waals surface area (Å²) in [4.78, 5) is 0. The molecule has 1 atom stereocenters. The molecule has 1 aromatic rings. The normalized spacial score (nSPS) is 20.1. The molecule has 0 aromatic heterocycles. The monoisotopic (exact) mass is 430 g/mol. The molecule has 0 saturated carbocycles. The van der Waals surface area contributed by atoms with Crippen LogP contribution in [0.2, 0.25) is 0 Å². The van der Waals surface area contributed by atoms with E-state index in [-0.39, 0.29) is 0 Å². The van der Waals surface area contributed by atoms with E-state index in [9.17, 15) is 0 Å². The minimum absolute atomic E-state index is 0.318. The number of hydrogen-bond donors (Lipinski definition) is 0. The number of ether oxygens (including phenoxy) is 1. The summed E-state index contributed by atoms with van der Waals surface area (Å²) in [5, 5.41) is 0.908. The molecule has 14 heavy (non-hydrogen) atoms. The van der Waals surface area contributed by atoms with Crippen molar-refractivity contribution in [1.29, 1.82) is 0 Å². The fourth-order valence-electron chi connectivity index (χ4n) is 1.58. The molecule has 76 valence electrons. The first-order valence-corrected chi connectivity index (χ1v) is 7.40. The molecule has 0 bridgehead atoms. The maximum absolute atomic E-state index is 5.87. The summed E-state index contributed by atoms with van der Waals surface area (Å²) in [6.07, 6.45) is 2.53. The van der Waals surface area contributed by atoms with Crippen molar-refractivity contribution in [3.8, 4) is 5.75 Å². The molecule has 0 fully saturated rings. The Balaban J connectivity index is 2.37. The van der Waals surface area contributed by atoms with Gasteiger partial charge in [0.05, 0.1) is 4.47 Å². The van der Waals surface area contributed by atoms with Crippen LogP contribution in [-0.2, 0) is 6.42 Å². The van der Waals surface area contributed by atoms with Crippen molar-refractivity contribution < 1.29 is 4.74 Å². The Morgan fingerprint density at radius 3 is 3.00 bits per heavy atom. The fraction of sp³-hybridized carbons (Fsp3) is 0.400. The van der Waals surface area contributed by atoms with Crippen molar-refractivity contribution >= 4 is 54.5 Å². The highest BCUT2D eigenvalue weighted by Crippen LogP contribution is 2.36. The van der Waals surface area contributed by atoms with Gasteiger partial charge < -0.3 is 4.74 Å². The standard InChI is InChI=1S/C10H9Br2IO/c11-5-8-2-1-6-3-7(13)4-9(12)10(6)14-8/h3-4,8H,1-2,5H2. The molecule has 0 saturated heterocycles. The van der Waals surface area contributed by atoms with E-state index in [1.807, 2.05) is 0 Å². The lowest BCUT2D eigenvalue weighted by Gasteiger charge is -2.25. The molecule has 0 radical (unpaired) electrons. The third-order valence-corrected chi connectivity index (χ3v) is 4.21. The van der Waals surface area contributed by atoms with E-state index in [0.717, 1.165) is 28.4 Å². The predicted molar refractivity (Wildman–Crippen MR) is 73.4 cm³/mol. The third-order valence-electron chi connectivity index (χ3n) is 2.28. The molecule has 0 spiro atoms. The Kier molecular flexibility index (Phi) is 3.76. The van der Waals surface area contributed by atoms with Crippen LogP contribution in [0.25, 0.3) is 0 Å². The average molecular weight is 432 g/mol. The topological polar surface area (TPSA) is 9.23 Å². The van der Waals surface area contributed by atoms with Gasteiger partial charge in [0.2, 0.25) is 0 Å². The first-order valence-electron chi connectivity index (χ1n) is 4.41. The van der Waals surface area contributed by atoms with Crippen molar-refractivity contribution in [3.63, 3.8) is 0 Å². The molecular formula is C10H9Br2IO. The Morgan fingerprint density at radius 1 is 1.50 bits per heavy atom. The van der Waals surface area contributed by atoms with Gasteiger partial charge in [-0.2, -0.15) is 0 Å². The lowest BCUT2D eigenvalue weighted by molar-refractivity contribution is 0.196. The molecule has 1 heterocycles. The predicted octanol–water partition coefficient (Wildman–Crippen LogP) is 4.14. The molecule has 0 amide bonds. The summed E-state index contributed by atoms with van der Waals surface area (Å²) in [5.74, 6) is 1.03. The van der Waals surface area contributed by atoms with Gasteiger partial charge in [-0.1, -0.05) is 15.9 Å². The van der Waals surface area contributed by atoms with E-state index in [4.69, 9.17) is 4.74 Å². The number of aryl methyl sites for hydroxylation is 1. The van der Waals surface area contributed by atoms with Gasteiger partial charge in [-0.05, 0) is 69.1 Å². The fourth-order valence-corrected chi connectivity index (χ4v) is 3.75. The van der Waals surface area contributed by atoms with Crippen LogP contribution in [0.15, 0.2) is 16.6 Å². The molecule has 1 aliphatic rings. The van der Waals surface area contributed by atoms with Crippen molar-refractivity contribution in [2.24, 2.45) is 0 Å². The van der Waals surface area contributed by atoms with Gasteiger partial charge in [-0.3, -0.25) is 0 Å². The van der Waals surface area contributed by atoms with Crippen LogP contribution >= 0.6 is 54.5 Å². The van der Waals surface area contributed by atoms with Gasteiger partial charge in [0, 0.05) is 8.90 Å². The Bertz CT molecular complexity index is 354. The van der Waals surface area contributed by atoms with Gasteiger partial charge in [0.15, 0.2) is 0 Å². The van der Waals surface area contributed by atoms with E-state index in [2.05, 4.69) is 66.6 Å². The minimum Gasteiger partial charge on any atom is -0.488 e. The van der Waals surface area contributed by atoms with Crippen molar-refractivity contribution in [3.05, 3.63) is 25.7 Å². The van der Waals surface area contributed by atoms with Crippen LogP contribution in [0.5, 0.6) is 5.75 Å². The van der Waals surface area contributed by atoms with E-state index in [1.54, 1.807) is 0 Å². The molecule has 1 unspecified atom stereocenters. The van der Waals surface area contributed by atoms with Gasteiger partial charge in [-0.15, -0.1) is 0 Å². The quantitative estimate of drug-likeness (QED) is 0.479. The van der Waals surface area contributed by atoms with Crippen molar-refractivity contribution in [2.45, 2.75) is 18.9 Å². The Morgan fingerprint density at radius 2 is 2.29 bits per heavy atom. The minimum atomic E-state index is 0.318. The second kappa shape index (κ2) is 4.70. The van der Waals surface area contributed by atoms with Crippen LogP contribution in [0, 0.1) is 3.57 Å². The summed E-state index contributed by atoms with van der Waals surface area (Å²) in [5.41, 5.74) is 1.32. The van der Waals surface area contributed by atoms with E-state index >= 15 is 0 Å². The van der Waals surface area contributed by atoms with Crippen molar-refractivity contribution in [2.75, 3.05) is 5.33 Å². The molecule has 0 aliphatic carbocycles. The maximum Gasteiger partial charge on any atom is 0.137 e. The molecule has 1 aromatic carbocycles. The highest BCUT2D eigenvalue weighted by molar-refractivity contribution is 14.1. The second-order valence-corrected chi connectivity index (χ2v) is 6.06. The van der Waals surface area contributed by atoms with Crippen LogP contribution in [0.3, 0.4) is 0 Å². The number of rotatable bonds is 1.